The molecule has 1 aliphatic heterocycles. The number of amides is 2. The second-order valence-corrected chi connectivity index (χ2v) is 5.67. The molecule has 2 heterocycles. The van der Waals surface area contributed by atoms with Crippen LogP contribution in [0.5, 0.6) is 0 Å². The molecule has 3 aromatic rings. The number of fused-ring (bicyclic) bond motifs is 1. The van der Waals surface area contributed by atoms with E-state index in [9.17, 15) is 4.79 Å². The first kappa shape index (κ1) is 14.4. The van der Waals surface area contributed by atoms with Crippen LogP contribution in [-0.4, -0.2) is 37.7 Å². The molecule has 2 amide bonds. The molecule has 0 saturated carbocycles. The van der Waals surface area contributed by atoms with Crippen molar-refractivity contribution in [2.75, 3.05) is 11.9 Å². The van der Waals surface area contributed by atoms with Crippen LogP contribution in [0.3, 0.4) is 0 Å². The summed E-state index contributed by atoms with van der Waals surface area (Å²) in [6.45, 7) is 1.37. The van der Waals surface area contributed by atoms with Crippen molar-refractivity contribution in [2.45, 2.75) is 13.0 Å². The van der Waals surface area contributed by atoms with E-state index in [-0.39, 0.29) is 6.03 Å². The maximum Gasteiger partial charge on any atom is 0.322 e. The molecule has 7 heteroatoms. The average Bonchev–Trinajstić information content (AvgIpc) is 3.16. The number of nitrogens with one attached hydrogen (secondary N) is 1. The Labute approximate surface area is 138 Å². The third kappa shape index (κ3) is 2.83. The fourth-order valence-electron chi connectivity index (χ4n) is 2.85. The van der Waals surface area contributed by atoms with Gasteiger partial charge in [-0.1, -0.05) is 24.3 Å². The molecule has 1 aromatic heterocycles. The van der Waals surface area contributed by atoms with E-state index in [1.54, 1.807) is 4.68 Å². The van der Waals surface area contributed by atoms with Crippen molar-refractivity contribution >= 4 is 11.7 Å². The van der Waals surface area contributed by atoms with Crippen LogP contribution in [0.4, 0.5) is 10.5 Å². The summed E-state index contributed by atoms with van der Waals surface area (Å²) in [7, 11) is 0. The third-order valence-corrected chi connectivity index (χ3v) is 4.15. The molecule has 1 N–H and O–H groups in total. The van der Waals surface area contributed by atoms with Crippen molar-refractivity contribution in [3.63, 3.8) is 0 Å². The molecule has 0 saturated heterocycles. The van der Waals surface area contributed by atoms with Gasteiger partial charge in [-0.25, -0.2) is 9.48 Å². The number of tetrazole rings is 1. The van der Waals surface area contributed by atoms with E-state index in [0.717, 1.165) is 24.3 Å². The highest BCUT2D eigenvalue weighted by molar-refractivity contribution is 5.89. The summed E-state index contributed by atoms with van der Waals surface area (Å²) in [6, 6.07) is 15.6. The average molecular weight is 320 g/mol. The largest absolute Gasteiger partial charge is 0.322 e. The molecule has 0 unspecified atom stereocenters. The lowest BCUT2D eigenvalue weighted by Crippen LogP contribution is -2.38. The lowest BCUT2D eigenvalue weighted by Gasteiger charge is -2.29. The van der Waals surface area contributed by atoms with Crippen LogP contribution in [-0.2, 0) is 13.0 Å². The van der Waals surface area contributed by atoms with Gasteiger partial charge >= 0.3 is 6.03 Å². The van der Waals surface area contributed by atoms with Crippen LogP contribution in [0.15, 0.2) is 54.9 Å². The molecule has 0 bridgehead atoms. The standard InChI is InChI=1S/C17H16N6O/c24-17(22-10-9-13-3-1-2-4-14(13)11-22)19-15-5-7-16(8-6-15)23-12-18-20-21-23/h1-8,12H,9-11H2,(H,19,24). The minimum Gasteiger partial charge on any atom is -0.320 e. The van der Waals surface area contributed by atoms with Gasteiger partial charge in [-0.3, -0.25) is 0 Å². The minimum absolute atomic E-state index is 0.0836. The van der Waals surface area contributed by atoms with Crippen molar-refractivity contribution in [1.29, 1.82) is 0 Å². The number of carbonyl (C=O) groups is 1. The van der Waals surface area contributed by atoms with Crippen LogP contribution >= 0.6 is 0 Å². The van der Waals surface area contributed by atoms with Crippen LogP contribution in [0, 0.1) is 0 Å². The number of carbonyl (C=O) groups excluding carboxylic acids is 1. The molecule has 4 rings (SSSR count). The second kappa shape index (κ2) is 6.11. The number of hydrogen-bond donors (Lipinski definition) is 1. The fourth-order valence-corrected chi connectivity index (χ4v) is 2.85. The van der Waals surface area contributed by atoms with Crippen LogP contribution in [0.2, 0.25) is 0 Å². The van der Waals surface area contributed by atoms with Crippen molar-refractivity contribution in [1.82, 2.24) is 25.1 Å². The maximum absolute atomic E-state index is 12.5. The Morgan fingerprint density at radius 3 is 2.58 bits per heavy atom. The van der Waals surface area contributed by atoms with Gasteiger partial charge in [0.1, 0.15) is 6.33 Å². The highest BCUT2D eigenvalue weighted by atomic mass is 16.2. The zero-order valence-corrected chi connectivity index (χ0v) is 13.0. The summed E-state index contributed by atoms with van der Waals surface area (Å²) in [6.07, 6.45) is 2.42. The number of rotatable bonds is 2. The zero-order valence-electron chi connectivity index (χ0n) is 13.0. The molecule has 0 aliphatic carbocycles. The molecule has 0 atom stereocenters. The highest BCUT2D eigenvalue weighted by Crippen LogP contribution is 2.20. The maximum atomic E-state index is 12.5. The Morgan fingerprint density at radius 1 is 1.04 bits per heavy atom. The van der Waals surface area contributed by atoms with Crippen LogP contribution in [0.25, 0.3) is 5.69 Å². The van der Waals surface area contributed by atoms with E-state index in [4.69, 9.17) is 0 Å². The van der Waals surface area contributed by atoms with Crippen molar-refractivity contribution in [3.05, 3.63) is 66.0 Å². The molecular weight excluding hydrogens is 304 g/mol. The number of anilines is 1. The Bertz CT molecular complexity index is 844. The lowest BCUT2D eigenvalue weighted by molar-refractivity contribution is 0.206. The van der Waals surface area contributed by atoms with Gasteiger partial charge < -0.3 is 10.2 Å². The highest BCUT2D eigenvalue weighted by Gasteiger charge is 2.20. The summed E-state index contributed by atoms with van der Waals surface area (Å²) >= 11 is 0. The van der Waals surface area contributed by atoms with Gasteiger partial charge in [0, 0.05) is 18.8 Å². The van der Waals surface area contributed by atoms with Gasteiger partial charge in [-0.2, -0.15) is 0 Å². The minimum atomic E-state index is -0.0836. The van der Waals surface area contributed by atoms with Gasteiger partial charge in [0.2, 0.25) is 0 Å². The first-order valence-electron chi connectivity index (χ1n) is 7.76. The van der Waals surface area contributed by atoms with Gasteiger partial charge in [0.05, 0.1) is 5.69 Å². The quantitative estimate of drug-likeness (QED) is 0.786. The summed E-state index contributed by atoms with van der Waals surface area (Å²) in [5.74, 6) is 0. The van der Waals surface area contributed by atoms with Gasteiger partial charge in [0.25, 0.3) is 0 Å². The smallest absolute Gasteiger partial charge is 0.320 e. The SMILES string of the molecule is O=C(Nc1ccc(-n2cnnn2)cc1)N1CCc2ccccc2C1. The molecule has 120 valence electrons. The van der Waals surface area contributed by atoms with E-state index < -0.39 is 0 Å². The summed E-state index contributed by atoms with van der Waals surface area (Å²) in [5.41, 5.74) is 4.13. The Morgan fingerprint density at radius 2 is 1.83 bits per heavy atom. The van der Waals surface area contributed by atoms with Crippen LogP contribution < -0.4 is 5.32 Å². The van der Waals surface area contributed by atoms with E-state index in [1.165, 1.54) is 17.5 Å². The Kier molecular flexibility index (Phi) is 3.66. The van der Waals surface area contributed by atoms with Crippen molar-refractivity contribution in [2.24, 2.45) is 0 Å². The van der Waals surface area contributed by atoms with Gasteiger partial charge in [-0.15, -0.1) is 5.10 Å². The van der Waals surface area contributed by atoms with E-state index in [2.05, 4.69) is 33.0 Å². The first-order chi connectivity index (χ1) is 11.8. The van der Waals surface area contributed by atoms with Crippen molar-refractivity contribution < 1.29 is 4.79 Å². The Hall–Kier alpha value is -3.22. The molecule has 7 nitrogen and oxygen atoms in total. The normalized spacial score (nSPS) is 13.4. The van der Waals surface area contributed by atoms with Crippen molar-refractivity contribution in [3.8, 4) is 5.69 Å². The number of hydrogen-bond acceptors (Lipinski definition) is 4. The lowest BCUT2D eigenvalue weighted by atomic mass is 10.0. The fraction of sp³-hybridized carbons (Fsp3) is 0.176. The number of benzene rings is 2. The number of urea groups is 1. The molecular formula is C17H16N6O. The summed E-state index contributed by atoms with van der Waals surface area (Å²) in [5, 5.41) is 14.0. The molecule has 0 radical (unpaired) electrons. The van der Waals surface area contributed by atoms with E-state index in [1.807, 2.05) is 41.3 Å². The molecule has 2 aromatic carbocycles. The molecule has 0 fully saturated rings. The number of nitrogens with zero attached hydrogens (tertiary/aromatic N) is 5. The topological polar surface area (TPSA) is 75.9 Å². The third-order valence-electron chi connectivity index (χ3n) is 4.15. The van der Waals surface area contributed by atoms with Gasteiger partial charge in [0.15, 0.2) is 0 Å². The second-order valence-electron chi connectivity index (χ2n) is 5.67. The van der Waals surface area contributed by atoms with Crippen LogP contribution in [0.1, 0.15) is 11.1 Å². The molecule has 1 aliphatic rings. The Balaban J connectivity index is 1.43. The predicted molar refractivity (Wildman–Crippen MR) is 88.7 cm³/mol. The van der Waals surface area contributed by atoms with E-state index in [0.29, 0.717) is 6.54 Å². The summed E-state index contributed by atoms with van der Waals surface area (Å²) in [4.78, 5) is 14.3. The summed E-state index contributed by atoms with van der Waals surface area (Å²) < 4.78 is 1.56. The van der Waals surface area contributed by atoms with E-state index >= 15 is 0 Å². The first-order valence-corrected chi connectivity index (χ1v) is 7.76. The number of aromatic nitrogens is 4. The zero-order chi connectivity index (χ0) is 16.4. The van der Waals surface area contributed by atoms with Gasteiger partial charge in [-0.05, 0) is 52.2 Å². The predicted octanol–water partition coefficient (Wildman–Crippen LogP) is 2.25. The molecule has 24 heavy (non-hydrogen) atoms. The molecule has 0 spiro atoms. The monoisotopic (exact) mass is 320 g/mol.